The highest BCUT2D eigenvalue weighted by atomic mass is 16.2. The van der Waals surface area contributed by atoms with Crippen LogP contribution in [0.1, 0.15) is 33.5 Å². The van der Waals surface area contributed by atoms with Crippen LogP contribution >= 0.6 is 0 Å². The molecular weight excluding hydrogens is 190 g/mol. The largest absolute Gasteiger partial charge is 0.292 e. The highest BCUT2D eigenvalue weighted by Gasteiger charge is 2.22. The fraction of sp³-hybridized carbons (Fsp3) is 0.333. The van der Waals surface area contributed by atoms with Crippen LogP contribution in [0.4, 0.5) is 0 Å². The lowest BCUT2D eigenvalue weighted by Gasteiger charge is -2.10. The first kappa shape index (κ1) is 9.90. The minimum absolute atomic E-state index is 0.185. The van der Waals surface area contributed by atoms with Gasteiger partial charge in [-0.2, -0.15) is 0 Å². The van der Waals surface area contributed by atoms with E-state index in [0.29, 0.717) is 18.4 Å². The molecule has 15 heavy (non-hydrogen) atoms. The van der Waals surface area contributed by atoms with E-state index < -0.39 is 0 Å². The molecular formula is C12H13NO2. The molecule has 1 aromatic rings. The SMILES string of the molecule is Cc1ccc(C)c2c1CCC(=O)NC2=O. The first-order chi connectivity index (χ1) is 7.09. The Morgan fingerprint density at radius 2 is 1.73 bits per heavy atom. The molecule has 78 valence electrons. The maximum Gasteiger partial charge on any atom is 0.258 e. The van der Waals surface area contributed by atoms with E-state index in [1.165, 1.54) is 0 Å². The monoisotopic (exact) mass is 203 g/mol. The standard InChI is InChI=1S/C12H13NO2/c1-7-3-4-8(2)11-9(7)5-6-10(14)13-12(11)15/h3-4H,5-6H2,1-2H3,(H,13,14,15). The van der Waals surface area contributed by atoms with Gasteiger partial charge in [0.15, 0.2) is 0 Å². The van der Waals surface area contributed by atoms with E-state index in [9.17, 15) is 9.59 Å². The summed E-state index contributed by atoms with van der Waals surface area (Å²) in [5.74, 6) is -0.441. The molecule has 0 fully saturated rings. The summed E-state index contributed by atoms with van der Waals surface area (Å²) >= 11 is 0. The number of imide groups is 1. The van der Waals surface area contributed by atoms with Gasteiger partial charge in [0.05, 0.1) is 0 Å². The zero-order chi connectivity index (χ0) is 11.0. The van der Waals surface area contributed by atoms with Crippen molar-refractivity contribution in [3.63, 3.8) is 0 Å². The third-order valence-electron chi connectivity index (χ3n) is 2.84. The lowest BCUT2D eigenvalue weighted by atomic mass is 9.94. The minimum Gasteiger partial charge on any atom is -0.292 e. The number of rotatable bonds is 0. The van der Waals surface area contributed by atoms with Crippen molar-refractivity contribution < 1.29 is 9.59 Å². The summed E-state index contributed by atoms with van der Waals surface area (Å²) in [4.78, 5) is 23.0. The van der Waals surface area contributed by atoms with Crippen molar-refractivity contribution >= 4 is 11.8 Å². The Balaban J connectivity index is 2.62. The smallest absolute Gasteiger partial charge is 0.258 e. The van der Waals surface area contributed by atoms with Crippen LogP contribution in [0, 0.1) is 13.8 Å². The molecule has 0 aliphatic carbocycles. The Bertz CT molecular complexity index is 449. The summed E-state index contributed by atoms with van der Waals surface area (Å²) in [6.07, 6.45) is 1.05. The van der Waals surface area contributed by atoms with E-state index >= 15 is 0 Å². The van der Waals surface area contributed by atoms with Crippen molar-refractivity contribution in [2.45, 2.75) is 26.7 Å². The van der Waals surface area contributed by atoms with Gasteiger partial charge in [0.1, 0.15) is 0 Å². The van der Waals surface area contributed by atoms with Gasteiger partial charge >= 0.3 is 0 Å². The average Bonchev–Trinajstić information content (AvgIpc) is 2.32. The summed E-state index contributed by atoms with van der Waals surface area (Å²) in [5, 5.41) is 2.39. The Morgan fingerprint density at radius 1 is 1.07 bits per heavy atom. The second-order valence-electron chi connectivity index (χ2n) is 3.93. The highest BCUT2D eigenvalue weighted by molar-refractivity contribution is 6.07. The van der Waals surface area contributed by atoms with E-state index in [4.69, 9.17) is 0 Å². The Hall–Kier alpha value is -1.64. The number of hydrogen-bond acceptors (Lipinski definition) is 2. The Morgan fingerprint density at radius 3 is 2.47 bits per heavy atom. The summed E-state index contributed by atoms with van der Waals surface area (Å²) in [6, 6.07) is 3.92. The summed E-state index contributed by atoms with van der Waals surface area (Å²) in [6.45, 7) is 3.87. The van der Waals surface area contributed by atoms with E-state index in [0.717, 1.165) is 16.7 Å². The number of hydrogen-bond donors (Lipinski definition) is 1. The Labute approximate surface area is 88.5 Å². The van der Waals surface area contributed by atoms with Crippen LogP contribution in [0.3, 0.4) is 0 Å². The lowest BCUT2D eigenvalue weighted by molar-refractivity contribution is -0.119. The summed E-state index contributed by atoms with van der Waals surface area (Å²) < 4.78 is 0. The molecule has 1 heterocycles. The van der Waals surface area contributed by atoms with Crippen molar-refractivity contribution in [2.75, 3.05) is 0 Å². The predicted molar refractivity (Wildman–Crippen MR) is 56.7 cm³/mol. The molecule has 0 unspecified atom stereocenters. The van der Waals surface area contributed by atoms with Gasteiger partial charge in [-0.25, -0.2) is 0 Å². The summed E-state index contributed by atoms with van der Waals surface area (Å²) in [7, 11) is 0. The number of benzene rings is 1. The van der Waals surface area contributed by atoms with Gasteiger partial charge in [-0.15, -0.1) is 0 Å². The Kier molecular flexibility index (Phi) is 2.31. The van der Waals surface area contributed by atoms with Gasteiger partial charge in [0.2, 0.25) is 5.91 Å². The quantitative estimate of drug-likeness (QED) is 0.649. The number of amides is 2. The van der Waals surface area contributed by atoms with Gasteiger partial charge in [-0.05, 0) is 37.0 Å². The molecule has 1 aromatic carbocycles. The number of nitrogens with one attached hydrogen (secondary N) is 1. The maximum atomic E-state index is 11.8. The van der Waals surface area contributed by atoms with Crippen LogP contribution in [0.2, 0.25) is 0 Å². The van der Waals surface area contributed by atoms with Crippen LogP contribution in [-0.2, 0) is 11.2 Å². The van der Waals surface area contributed by atoms with Crippen molar-refractivity contribution in [2.24, 2.45) is 0 Å². The molecule has 0 atom stereocenters. The molecule has 0 saturated carbocycles. The van der Waals surface area contributed by atoms with Gasteiger partial charge in [0.25, 0.3) is 5.91 Å². The normalized spacial score (nSPS) is 15.6. The van der Waals surface area contributed by atoms with Crippen LogP contribution in [0.5, 0.6) is 0 Å². The number of carbonyl (C=O) groups is 2. The lowest BCUT2D eigenvalue weighted by Crippen LogP contribution is -2.28. The molecule has 2 amide bonds. The van der Waals surface area contributed by atoms with Crippen LogP contribution < -0.4 is 5.32 Å². The van der Waals surface area contributed by atoms with Crippen molar-refractivity contribution in [3.05, 3.63) is 34.4 Å². The number of carbonyl (C=O) groups excluding carboxylic acids is 2. The van der Waals surface area contributed by atoms with Gasteiger partial charge in [0, 0.05) is 12.0 Å². The maximum absolute atomic E-state index is 11.8. The van der Waals surface area contributed by atoms with Crippen LogP contribution in [0.15, 0.2) is 12.1 Å². The molecule has 1 aliphatic heterocycles. The first-order valence-corrected chi connectivity index (χ1v) is 5.03. The van der Waals surface area contributed by atoms with Gasteiger partial charge in [-0.1, -0.05) is 12.1 Å². The molecule has 0 spiro atoms. The predicted octanol–water partition coefficient (Wildman–Crippen LogP) is 1.51. The molecule has 3 heteroatoms. The molecule has 2 rings (SSSR count). The van der Waals surface area contributed by atoms with E-state index in [1.54, 1.807) is 0 Å². The second kappa shape index (κ2) is 3.50. The second-order valence-corrected chi connectivity index (χ2v) is 3.93. The first-order valence-electron chi connectivity index (χ1n) is 5.03. The van der Waals surface area contributed by atoms with Crippen molar-refractivity contribution in [1.29, 1.82) is 0 Å². The molecule has 1 aliphatic rings. The van der Waals surface area contributed by atoms with Gasteiger partial charge in [-0.3, -0.25) is 14.9 Å². The molecule has 0 aromatic heterocycles. The highest BCUT2D eigenvalue weighted by Crippen LogP contribution is 2.22. The number of aryl methyl sites for hydroxylation is 2. The van der Waals surface area contributed by atoms with E-state index in [1.807, 2.05) is 26.0 Å². The zero-order valence-electron chi connectivity index (χ0n) is 8.89. The zero-order valence-corrected chi connectivity index (χ0v) is 8.89. The van der Waals surface area contributed by atoms with Gasteiger partial charge < -0.3 is 0 Å². The van der Waals surface area contributed by atoms with Crippen LogP contribution in [-0.4, -0.2) is 11.8 Å². The topological polar surface area (TPSA) is 46.2 Å². The molecule has 3 nitrogen and oxygen atoms in total. The fourth-order valence-corrected chi connectivity index (χ4v) is 2.00. The number of fused-ring (bicyclic) bond motifs is 1. The fourth-order valence-electron chi connectivity index (χ4n) is 2.00. The average molecular weight is 203 g/mol. The van der Waals surface area contributed by atoms with Crippen molar-refractivity contribution in [1.82, 2.24) is 5.32 Å². The van der Waals surface area contributed by atoms with Crippen molar-refractivity contribution in [3.8, 4) is 0 Å². The molecule has 1 N–H and O–H groups in total. The molecule has 0 radical (unpaired) electrons. The molecule has 0 saturated heterocycles. The molecule has 0 bridgehead atoms. The van der Waals surface area contributed by atoms with E-state index in [-0.39, 0.29) is 11.8 Å². The minimum atomic E-state index is -0.256. The van der Waals surface area contributed by atoms with E-state index in [2.05, 4.69) is 5.32 Å². The third-order valence-corrected chi connectivity index (χ3v) is 2.84. The third kappa shape index (κ3) is 1.65. The summed E-state index contributed by atoms with van der Waals surface area (Å²) in [5.41, 5.74) is 3.71. The van der Waals surface area contributed by atoms with Crippen LogP contribution in [0.25, 0.3) is 0 Å².